The molecule has 0 spiro atoms. The lowest BCUT2D eigenvalue weighted by Gasteiger charge is -2.11. The molecule has 0 aliphatic heterocycles. The highest BCUT2D eigenvalue weighted by Crippen LogP contribution is 2.29. The van der Waals surface area contributed by atoms with Gasteiger partial charge in [-0.05, 0) is 55.1 Å². The molecule has 0 aliphatic rings. The summed E-state index contributed by atoms with van der Waals surface area (Å²) in [6.07, 6.45) is 0. The zero-order valence-electron chi connectivity index (χ0n) is 17.0. The van der Waals surface area contributed by atoms with Gasteiger partial charge in [0.2, 0.25) is 5.91 Å². The van der Waals surface area contributed by atoms with Gasteiger partial charge >= 0.3 is 0 Å². The second kappa shape index (κ2) is 8.62. The van der Waals surface area contributed by atoms with E-state index in [2.05, 4.69) is 21.6 Å². The van der Waals surface area contributed by atoms with Gasteiger partial charge in [-0.15, -0.1) is 10.2 Å². The highest BCUT2D eigenvalue weighted by Gasteiger charge is 2.15. The maximum atomic E-state index is 12.6. The Labute approximate surface area is 178 Å². The maximum Gasteiger partial charge on any atom is 0.234 e. The van der Waals surface area contributed by atoms with Crippen LogP contribution in [0.4, 0.5) is 5.69 Å². The molecule has 4 aromatic rings. The van der Waals surface area contributed by atoms with Gasteiger partial charge in [0.1, 0.15) is 11.5 Å². The van der Waals surface area contributed by atoms with E-state index in [4.69, 9.17) is 9.47 Å². The number of aryl methyl sites for hydroxylation is 1. The van der Waals surface area contributed by atoms with Crippen molar-refractivity contribution in [2.75, 3.05) is 24.8 Å². The standard InChI is InChI=1S/C22H22N4O3S/c1-4-29-19-8-6-5-7-17(19)23-20(27)13-30-22-25-24-21-14(2)11-15-9-10-16(28-3)12-18(15)26(21)22/h5-12H,4,13H2,1-3H3,(H,23,27). The number of anilines is 1. The molecule has 0 bridgehead atoms. The van der Waals surface area contributed by atoms with Crippen molar-refractivity contribution in [3.05, 3.63) is 54.1 Å². The second-order valence-corrected chi connectivity index (χ2v) is 7.60. The van der Waals surface area contributed by atoms with Gasteiger partial charge in [-0.3, -0.25) is 9.20 Å². The molecule has 1 amide bonds. The molecular formula is C22H22N4O3S. The number of amides is 1. The first-order valence-corrected chi connectivity index (χ1v) is 10.6. The largest absolute Gasteiger partial charge is 0.497 e. The summed E-state index contributed by atoms with van der Waals surface area (Å²) in [4.78, 5) is 12.6. The smallest absolute Gasteiger partial charge is 0.234 e. The molecule has 2 aromatic carbocycles. The first-order valence-electron chi connectivity index (χ1n) is 9.57. The van der Waals surface area contributed by atoms with Gasteiger partial charge in [0.05, 0.1) is 30.7 Å². The van der Waals surface area contributed by atoms with E-state index >= 15 is 0 Å². The molecule has 2 aromatic heterocycles. The van der Waals surface area contributed by atoms with E-state index in [0.717, 1.165) is 27.9 Å². The van der Waals surface area contributed by atoms with Gasteiger partial charge in [-0.2, -0.15) is 0 Å². The van der Waals surface area contributed by atoms with Crippen LogP contribution < -0.4 is 14.8 Å². The molecule has 0 saturated carbocycles. The molecule has 8 heteroatoms. The zero-order chi connectivity index (χ0) is 21.1. The van der Waals surface area contributed by atoms with Gasteiger partial charge in [0.25, 0.3) is 0 Å². The predicted octanol–water partition coefficient (Wildman–Crippen LogP) is 4.33. The minimum Gasteiger partial charge on any atom is -0.497 e. The summed E-state index contributed by atoms with van der Waals surface area (Å²) < 4.78 is 12.9. The normalized spacial score (nSPS) is 11.0. The minimum atomic E-state index is -0.140. The summed E-state index contributed by atoms with van der Waals surface area (Å²) in [7, 11) is 1.64. The Morgan fingerprint density at radius 3 is 2.80 bits per heavy atom. The molecule has 0 fully saturated rings. The number of pyridine rings is 1. The lowest BCUT2D eigenvalue weighted by molar-refractivity contribution is -0.113. The van der Waals surface area contributed by atoms with Crippen molar-refractivity contribution < 1.29 is 14.3 Å². The van der Waals surface area contributed by atoms with Crippen molar-refractivity contribution in [3.63, 3.8) is 0 Å². The Morgan fingerprint density at radius 2 is 2.00 bits per heavy atom. The molecule has 0 aliphatic carbocycles. The summed E-state index contributed by atoms with van der Waals surface area (Å²) >= 11 is 1.34. The lowest BCUT2D eigenvalue weighted by atomic mass is 10.1. The zero-order valence-corrected chi connectivity index (χ0v) is 17.8. The predicted molar refractivity (Wildman–Crippen MR) is 119 cm³/mol. The van der Waals surface area contributed by atoms with E-state index < -0.39 is 0 Å². The van der Waals surface area contributed by atoms with Crippen molar-refractivity contribution in [2.45, 2.75) is 19.0 Å². The summed E-state index contributed by atoms with van der Waals surface area (Å²) in [5.41, 5.74) is 3.37. The topological polar surface area (TPSA) is 77.8 Å². The van der Waals surface area contributed by atoms with Crippen LogP contribution in [0.3, 0.4) is 0 Å². The van der Waals surface area contributed by atoms with Crippen LogP contribution in [0.25, 0.3) is 16.6 Å². The maximum absolute atomic E-state index is 12.6. The minimum absolute atomic E-state index is 0.140. The van der Waals surface area contributed by atoms with Crippen molar-refractivity contribution in [1.82, 2.24) is 14.6 Å². The molecule has 7 nitrogen and oxygen atoms in total. The number of carbonyl (C=O) groups is 1. The van der Waals surface area contributed by atoms with E-state index in [1.165, 1.54) is 11.8 Å². The molecule has 0 unspecified atom stereocenters. The van der Waals surface area contributed by atoms with Crippen LogP contribution in [0.15, 0.2) is 53.7 Å². The number of fused-ring (bicyclic) bond motifs is 3. The number of benzene rings is 2. The van der Waals surface area contributed by atoms with Crippen LogP contribution in [-0.4, -0.2) is 40.0 Å². The molecule has 1 N–H and O–H groups in total. The Kier molecular flexibility index (Phi) is 5.76. The van der Waals surface area contributed by atoms with E-state index in [9.17, 15) is 4.79 Å². The second-order valence-electron chi connectivity index (χ2n) is 6.66. The number of ether oxygens (including phenoxy) is 2. The van der Waals surface area contributed by atoms with Crippen LogP contribution in [0.2, 0.25) is 0 Å². The number of hydrogen-bond acceptors (Lipinski definition) is 6. The molecule has 0 radical (unpaired) electrons. The van der Waals surface area contributed by atoms with E-state index in [0.29, 0.717) is 23.2 Å². The number of para-hydroxylation sites is 2. The monoisotopic (exact) mass is 422 g/mol. The number of carbonyl (C=O) groups excluding carboxylic acids is 1. The van der Waals surface area contributed by atoms with Gasteiger partial charge in [0.15, 0.2) is 10.8 Å². The SMILES string of the molecule is CCOc1ccccc1NC(=O)CSc1nnc2c(C)cc3ccc(OC)cc3n12. The third-order valence-electron chi connectivity index (χ3n) is 4.63. The summed E-state index contributed by atoms with van der Waals surface area (Å²) in [6.45, 7) is 4.44. The quantitative estimate of drug-likeness (QED) is 0.447. The Balaban J connectivity index is 1.59. The van der Waals surface area contributed by atoms with Crippen LogP contribution in [0, 0.1) is 6.92 Å². The third kappa shape index (κ3) is 3.91. The summed E-state index contributed by atoms with van der Waals surface area (Å²) in [5.74, 6) is 1.46. The Hall–Kier alpha value is -3.26. The molecule has 0 saturated heterocycles. The van der Waals surface area contributed by atoms with Gasteiger partial charge in [-0.25, -0.2) is 0 Å². The Morgan fingerprint density at radius 1 is 1.17 bits per heavy atom. The average molecular weight is 423 g/mol. The number of hydrogen-bond donors (Lipinski definition) is 1. The van der Waals surface area contributed by atoms with Crippen molar-refractivity contribution >= 4 is 39.9 Å². The highest BCUT2D eigenvalue weighted by molar-refractivity contribution is 7.99. The van der Waals surface area contributed by atoms with Crippen LogP contribution >= 0.6 is 11.8 Å². The van der Waals surface area contributed by atoms with Crippen LogP contribution in [0.5, 0.6) is 11.5 Å². The number of nitrogens with one attached hydrogen (secondary N) is 1. The molecule has 4 rings (SSSR count). The third-order valence-corrected chi connectivity index (χ3v) is 5.56. The number of aromatic nitrogens is 3. The molecular weight excluding hydrogens is 400 g/mol. The highest BCUT2D eigenvalue weighted by atomic mass is 32.2. The van der Waals surface area contributed by atoms with Crippen molar-refractivity contribution in [3.8, 4) is 11.5 Å². The van der Waals surface area contributed by atoms with Crippen molar-refractivity contribution in [2.24, 2.45) is 0 Å². The molecule has 0 atom stereocenters. The van der Waals surface area contributed by atoms with E-state index in [1.54, 1.807) is 7.11 Å². The fourth-order valence-corrected chi connectivity index (χ4v) is 4.01. The van der Waals surface area contributed by atoms with E-state index in [-0.39, 0.29) is 11.7 Å². The first-order chi connectivity index (χ1) is 14.6. The summed E-state index contributed by atoms with van der Waals surface area (Å²) in [5, 5.41) is 13.3. The molecule has 2 heterocycles. The number of nitrogens with zero attached hydrogens (tertiary/aromatic N) is 3. The fraction of sp³-hybridized carbons (Fsp3) is 0.227. The summed E-state index contributed by atoms with van der Waals surface area (Å²) in [6, 6.07) is 15.3. The van der Waals surface area contributed by atoms with E-state index in [1.807, 2.05) is 60.7 Å². The lowest BCUT2D eigenvalue weighted by Crippen LogP contribution is -2.15. The molecule has 30 heavy (non-hydrogen) atoms. The van der Waals surface area contributed by atoms with Crippen LogP contribution in [-0.2, 0) is 4.79 Å². The van der Waals surface area contributed by atoms with Gasteiger partial charge in [0, 0.05) is 6.07 Å². The molecule has 154 valence electrons. The van der Waals surface area contributed by atoms with Gasteiger partial charge in [-0.1, -0.05) is 23.9 Å². The Bertz CT molecular complexity index is 1220. The number of thioether (sulfide) groups is 1. The first kappa shape index (κ1) is 20.0. The number of rotatable bonds is 7. The fourth-order valence-electron chi connectivity index (χ4n) is 3.27. The van der Waals surface area contributed by atoms with Gasteiger partial charge < -0.3 is 14.8 Å². The van der Waals surface area contributed by atoms with Crippen LogP contribution in [0.1, 0.15) is 12.5 Å². The van der Waals surface area contributed by atoms with Crippen molar-refractivity contribution in [1.29, 1.82) is 0 Å². The number of methoxy groups -OCH3 is 1. The average Bonchev–Trinajstić information content (AvgIpc) is 3.19.